The third-order valence-electron chi connectivity index (χ3n) is 8.23. The molecule has 4 unspecified atom stereocenters. The molecule has 200 valence electrons. The van der Waals surface area contributed by atoms with Crippen molar-refractivity contribution in [1.82, 2.24) is 16.0 Å². The van der Waals surface area contributed by atoms with E-state index in [2.05, 4.69) is 72.3 Å². The van der Waals surface area contributed by atoms with E-state index in [1.807, 2.05) is 6.92 Å². The predicted molar refractivity (Wildman–Crippen MR) is 156 cm³/mol. The highest BCUT2D eigenvalue weighted by Crippen LogP contribution is 2.34. The molecule has 0 radical (unpaired) electrons. The van der Waals surface area contributed by atoms with Gasteiger partial charge in [-0.25, -0.2) is 4.79 Å². The molecule has 4 nitrogen and oxygen atoms in total. The molecule has 1 aromatic rings. The van der Waals surface area contributed by atoms with E-state index >= 15 is 0 Å². The lowest BCUT2D eigenvalue weighted by Gasteiger charge is -2.29. The summed E-state index contributed by atoms with van der Waals surface area (Å²) in [5.74, 6) is 0.204. The van der Waals surface area contributed by atoms with Crippen LogP contribution in [0.15, 0.2) is 70.9 Å². The van der Waals surface area contributed by atoms with Crippen LogP contribution in [0.2, 0.25) is 0 Å². The van der Waals surface area contributed by atoms with Crippen molar-refractivity contribution in [2.45, 2.75) is 82.0 Å². The molecule has 0 bridgehead atoms. The highest BCUT2D eigenvalue weighted by atomic mass is 35.5. The van der Waals surface area contributed by atoms with Gasteiger partial charge in [-0.05, 0) is 62.4 Å². The Morgan fingerprint density at radius 2 is 1.92 bits per heavy atom. The number of hydrogen-bond donors (Lipinski definition) is 3. The summed E-state index contributed by atoms with van der Waals surface area (Å²) in [6.07, 6.45) is 17.6. The number of allylic oxidation sites excluding steroid dienone is 8. The molecule has 0 aliphatic heterocycles. The van der Waals surface area contributed by atoms with Crippen molar-refractivity contribution in [3.63, 3.8) is 0 Å². The van der Waals surface area contributed by atoms with Crippen molar-refractivity contribution < 1.29 is 4.79 Å². The minimum atomic E-state index is -0.235. The number of hydrogen-bond acceptors (Lipinski definition) is 2. The number of carbonyl (C=O) groups excluding carboxylic acids is 1. The van der Waals surface area contributed by atoms with Gasteiger partial charge in [-0.1, -0.05) is 86.4 Å². The van der Waals surface area contributed by atoms with Crippen LogP contribution in [0.1, 0.15) is 76.3 Å². The topological polar surface area (TPSA) is 53.2 Å². The van der Waals surface area contributed by atoms with E-state index in [1.54, 1.807) is 12.2 Å². The molecule has 0 saturated heterocycles. The maximum absolute atomic E-state index is 12.8. The van der Waals surface area contributed by atoms with Crippen LogP contribution in [0.4, 0.5) is 4.79 Å². The third-order valence-corrected chi connectivity index (χ3v) is 8.97. The summed E-state index contributed by atoms with van der Waals surface area (Å²) >= 11 is 12.5. The van der Waals surface area contributed by atoms with E-state index < -0.39 is 0 Å². The van der Waals surface area contributed by atoms with Crippen molar-refractivity contribution in [1.29, 1.82) is 0 Å². The fourth-order valence-electron chi connectivity index (χ4n) is 5.49. The van der Waals surface area contributed by atoms with Gasteiger partial charge in [-0.3, -0.25) is 0 Å². The first-order valence-electron chi connectivity index (χ1n) is 13.7. The van der Waals surface area contributed by atoms with Gasteiger partial charge >= 0.3 is 6.03 Å². The Balaban J connectivity index is 1.40. The van der Waals surface area contributed by atoms with E-state index in [0.717, 1.165) is 25.1 Å². The number of nitrogens with one attached hydrogen (secondary N) is 3. The van der Waals surface area contributed by atoms with Crippen LogP contribution in [-0.2, 0) is 5.41 Å². The summed E-state index contributed by atoms with van der Waals surface area (Å²) in [6, 6.07) is 9.42. The molecule has 4 atom stereocenters. The van der Waals surface area contributed by atoms with E-state index in [9.17, 15) is 4.79 Å². The first-order valence-corrected chi connectivity index (χ1v) is 14.5. The molecule has 0 spiro atoms. The molecule has 37 heavy (non-hydrogen) atoms. The summed E-state index contributed by atoms with van der Waals surface area (Å²) in [5.41, 5.74) is 4.67. The van der Waals surface area contributed by atoms with E-state index in [4.69, 9.17) is 23.2 Å². The average Bonchev–Trinajstić information content (AvgIpc) is 3.40. The number of carbonyl (C=O) groups is 1. The zero-order valence-corrected chi connectivity index (χ0v) is 23.8. The second-order valence-corrected chi connectivity index (χ2v) is 12.1. The third kappa shape index (κ3) is 7.52. The number of urea groups is 1. The monoisotopic (exact) mass is 541 g/mol. The molecule has 3 aliphatic carbocycles. The molecule has 1 saturated carbocycles. The Bertz CT molecular complexity index is 1070. The summed E-state index contributed by atoms with van der Waals surface area (Å²) in [7, 11) is 0. The summed E-state index contributed by atoms with van der Waals surface area (Å²) < 4.78 is 0. The van der Waals surface area contributed by atoms with Gasteiger partial charge in [0.25, 0.3) is 0 Å². The number of benzene rings is 1. The Morgan fingerprint density at radius 3 is 2.59 bits per heavy atom. The van der Waals surface area contributed by atoms with E-state index in [1.165, 1.54) is 42.4 Å². The fraction of sp³-hybridized carbons (Fsp3) is 0.516. The van der Waals surface area contributed by atoms with Crippen molar-refractivity contribution in [3.05, 3.63) is 82.1 Å². The van der Waals surface area contributed by atoms with Crippen LogP contribution in [0.5, 0.6) is 0 Å². The van der Waals surface area contributed by atoms with Crippen molar-refractivity contribution >= 4 is 29.2 Å². The normalized spacial score (nSPS) is 26.8. The SMILES string of the molecule is CC1=CCC(C)(c2ccc(C(CCNC3CCCC3)CNC(=O)NC3=CC(Cl)=CC(Cl)C3C)cc2)C=C1. The molecule has 0 aromatic heterocycles. The maximum Gasteiger partial charge on any atom is 0.319 e. The van der Waals surface area contributed by atoms with Crippen LogP contribution in [0, 0.1) is 5.92 Å². The van der Waals surface area contributed by atoms with Gasteiger partial charge in [0.1, 0.15) is 0 Å². The molecule has 3 aliphatic rings. The van der Waals surface area contributed by atoms with Crippen LogP contribution in [0.3, 0.4) is 0 Å². The van der Waals surface area contributed by atoms with Crippen LogP contribution in [0.25, 0.3) is 0 Å². The Kier molecular flexibility index (Phi) is 9.61. The van der Waals surface area contributed by atoms with Crippen LogP contribution in [-0.4, -0.2) is 30.5 Å². The number of amides is 2. The van der Waals surface area contributed by atoms with Crippen LogP contribution < -0.4 is 16.0 Å². The molecule has 1 fully saturated rings. The van der Waals surface area contributed by atoms with Crippen molar-refractivity contribution in [2.75, 3.05) is 13.1 Å². The number of rotatable bonds is 9. The molecule has 4 rings (SSSR count). The molecule has 3 N–H and O–H groups in total. The molecular weight excluding hydrogens is 501 g/mol. The Morgan fingerprint density at radius 1 is 1.19 bits per heavy atom. The fourth-order valence-corrected chi connectivity index (χ4v) is 6.08. The van der Waals surface area contributed by atoms with Gasteiger partial charge in [0.2, 0.25) is 0 Å². The number of halogens is 2. The largest absolute Gasteiger partial charge is 0.337 e. The van der Waals surface area contributed by atoms with Crippen molar-refractivity contribution in [3.8, 4) is 0 Å². The number of alkyl halides is 1. The standard InChI is InChI=1S/C31H41Cl2N3O/c1-21-12-15-31(3,16-13-21)25-10-8-23(9-11-25)24(14-17-34-27-6-4-5-7-27)20-35-30(37)36-29-19-26(32)18-28(33)22(29)2/h8-13,15,18-19,22,24,27-28,34H,4-7,14,16-17,20H2,1-3H3,(H2,35,36,37). The predicted octanol–water partition coefficient (Wildman–Crippen LogP) is 7.42. The quantitative estimate of drug-likeness (QED) is 0.285. The van der Waals surface area contributed by atoms with Gasteiger partial charge in [0, 0.05) is 40.6 Å². The maximum atomic E-state index is 12.8. The lowest BCUT2D eigenvalue weighted by atomic mass is 9.76. The second-order valence-electron chi connectivity index (χ2n) is 11.2. The lowest BCUT2D eigenvalue weighted by molar-refractivity contribution is 0.241. The van der Waals surface area contributed by atoms with Gasteiger partial charge < -0.3 is 16.0 Å². The Labute approximate surface area is 232 Å². The zero-order chi connectivity index (χ0) is 26.4. The van der Waals surface area contributed by atoms with Gasteiger partial charge in [0.15, 0.2) is 0 Å². The summed E-state index contributed by atoms with van der Waals surface area (Å²) in [4.78, 5) is 12.8. The molecule has 6 heteroatoms. The molecule has 1 aromatic carbocycles. The minimum absolute atomic E-state index is 0.0114. The first-order chi connectivity index (χ1) is 17.7. The van der Waals surface area contributed by atoms with Crippen LogP contribution >= 0.6 is 23.2 Å². The van der Waals surface area contributed by atoms with Gasteiger partial charge in [0.05, 0.1) is 5.38 Å². The van der Waals surface area contributed by atoms with Gasteiger partial charge in [-0.15, -0.1) is 11.6 Å². The molecular formula is C31H41Cl2N3O. The molecule has 2 amide bonds. The first kappa shape index (κ1) is 28.0. The molecule has 0 heterocycles. The smallest absolute Gasteiger partial charge is 0.319 e. The van der Waals surface area contributed by atoms with Crippen molar-refractivity contribution in [2.24, 2.45) is 5.92 Å². The second kappa shape index (κ2) is 12.7. The minimum Gasteiger partial charge on any atom is -0.337 e. The lowest BCUT2D eigenvalue weighted by Crippen LogP contribution is -2.40. The van der Waals surface area contributed by atoms with Gasteiger partial charge in [-0.2, -0.15) is 0 Å². The van der Waals surface area contributed by atoms with E-state index in [0.29, 0.717) is 17.6 Å². The summed E-state index contributed by atoms with van der Waals surface area (Å²) in [5, 5.41) is 10.1. The van der Waals surface area contributed by atoms with E-state index in [-0.39, 0.29) is 28.7 Å². The highest BCUT2D eigenvalue weighted by Gasteiger charge is 2.26. The zero-order valence-electron chi connectivity index (χ0n) is 22.3. The average molecular weight is 543 g/mol. The highest BCUT2D eigenvalue weighted by molar-refractivity contribution is 6.32. The summed E-state index contributed by atoms with van der Waals surface area (Å²) in [6.45, 7) is 7.94. The Hall–Kier alpha value is -2.01.